The molecule has 0 spiro atoms. The summed E-state index contributed by atoms with van der Waals surface area (Å²) in [5, 5.41) is 0. The van der Waals surface area contributed by atoms with Crippen molar-refractivity contribution in [2.24, 2.45) is 5.73 Å². The van der Waals surface area contributed by atoms with Crippen LogP contribution < -0.4 is 15.2 Å². The molecule has 21 heavy (non-hydrogen) atoms. The van der Waals surface area contributed by atoms with Gasteiger partial charge in [-0.2, -0.15) is 0 Å². The van der Waals surface area contributed by atoms with Crippen LogP contribution in [0.5, 0.6) is 11.5 Å². The van der Waals surface area contributed by atoms with Gasteiger partial charge < -0.3 is 19.9 Å². The smallest absolute Gasteiger partial charge is 0.175 e. The number of nitrogens with two attached hydrogens (primary N) is 1. The van der Waals surface area contributed by atoms with Gasteiger partial charge in [0, 0.05) is 13.2 Å². The molecule has 1 aliphatic rings. The maximum absolute atomic E-state index is 5.91. The Kier molecular flexibility index (Phi) is 6.80. The molecule has 118 valence electrons. The third-order valence-corrected chi connectivity index (χ3v) is 4.13. The quantitative estimate of drug-likeness (QED) is 0.721. The van der Waals surface area contributed by atoms with Crippen LogP contribution in [0.25, 0.3) is 0 Å². The summed E-state index contributed by atoms with van der Waals surface area (Å²) in [5.41, 5.74) is 6.72. The van der Waals surface area contributed by atoms with Crippen molar-refractivity contribution >= 4 is 15.9 Å². The van der Waals surface area contributed by atoms with Crippen molar-refractivity contribution in [1.29, 1.82) is 0 Å². The Morgan fingerprint density at radius 1 is 1.38 bits per heavy atom. The van der Waals surface area contributed by atoms with Crippen molar-refractivity contribution < 1.29 is 14.2 Å². The van der Waals surface area contributed by atoms with Crippen molar-refractivity contribution in [3.05, 3.63) is 22.2 Å². The summed E-state index contributed by atoms with van der Waals surface area (Å²) in [6.45, 7) is 4.63. The molecular weight excluding hydrogens is 334 g/mol. The fourth-order valence-corrected chi connectivity index (χ4v) is 3.10. The second-order valence-electron chi connectivity index (χ2n) is 5.17. The highest BCUT2D eigenvalue weighted by atomic mass is 79.9. The van der Waals surface area contributed by atoms with Crippen LogP contribution in [-0.2, 0) is 11.3 Å². The van der Waals surface area contributed by atoms with Crippen LogP contribution in [0, 0.1) is 0 Å². The van der Waals surface area contributed by atoms with Gasteiger partial charge in [0.2, 0.25) is 0 Å². The molecule has 2 rings (SSSR count). The Morgan fingerprint density at radius 2 is 2.24 bits per heavy atom. The molecule has 5 heteroatoms. The molecule has 0 saturated carbocycles. The van der Waals surface area contributed by atoms with Crippen LogP contribution in [0.4, 0.5) is 0 Å². The van der Waals surface area contributed by atoms with E-state index < -0.39 is 0 Å². The Morgan fingerprint density at radius 3 is 2.90 bits per heavy atom. The number of hydrogen-bond acceptors (Lipinski definition) is 4. The molecule has 0 bridgehead atoms. The monoisotopic (exact) mass is 357 g/mol. The van der Waals surface area contributed by atoms with Crippen molar-refractivity contribution in [2.75, 3.05) is 19.8 Å². The average Bonchev–Trinajstić information content (AvgIpc) is 2.99. The van der Waals surface area contributed by atoms with Crippen molar-refractivity contribution in [2.45, 2.75) is 45.3 Å². The van der Waals surface area contributed by atoms with Crippen LogP contribution in [-0.4, -0.2) is 25.9 Å². The van der Waals surface area contributed by atoms with Crippen LogP contribution in [0.1, 0.15) is 38.2 Å². The highest BCUT2D eigenvalue weighted by Crippen LogP contribution is 2.37. The third-order valence-electron chi connectivity index (χ3n) is 3.55. The van der Waals surface area contributed by atoms with Gasteiger partial charge in [0.05, 0.1) is 23.8 Å². The van der Waals surface area contributed by atoms with E-state index in [1.165, 1.54) is 12.8 Å². The van der Waals surface area contributed by atoms with Gasteiger partial charge >= 0.3 is 0 Å². The standard InChI is InChI=1S/C16H24BrNO3/c1-2-19-15-10-12(11-18)9-14(17)16(15)21-8-4-6-13-5-3-7-20-13/h9-10,13H,2-8,11,18H2,1H3. The van der Waals surface area contributed by atoms with Gasteiger partial charge in [-0.25, -0.2) is 0 Å². The molecule has 2 N–H and O–H groups in total. The highest BCUT2D eigenvalue weighted by molar-refractivity contribution is 9.10. The lowest BCUT2D eigenvalue weighted by molar-refractivity contribution is 0.0979. The van der Waals surface area contributed by atoms with Gasteiger partial charge in [0.25, 0.3) is 0 Å². The molecule has 0 aliphatic carbocycles. The Balaban J connectivity index is 1.91. The summed E-state index contributed by atoms with van der Waals surface area (Å²) < 4.78 is 18.1. The van der Waals surface area contributed by atoms with Crippen molar-refractivity contribution in [3.63, 3.8) is 0 Å². The molecular formula is C16H24BrNO3. The molecule has 1 saturated heterocycles. The van der Waals surface area contributed by atoms with E-state index in [1.54, 1.807) is 0 Å². The van der Waals surface area contributed by atoms with E-state index >= 15 is 0 Å². The van der Waals surface area contributed by atoms with Gasteiger partial charge in [-0.1, -0.05) is 0 Å². The molecule has 1 fully saturated rings. The number of benzene rings is 1. The number of ether oxygens (including phenoxy) is 3. The predicted molar refractivity (Wildman–Crippen MR) is 86.9 cm³/mol. The first-order valence-corrected chi connectivity index (χ1v) is 8.43. The van der Waals surface area contributed by atoms with Crippen LogP contribution in [0.3, 0.4) is 0 Å². The Labute approximate surface area is 135 Å². The lowest BCUT2D eigenvalue weighted by Gasteiger charge is -2.16. The number of halogens is 1. The topological polar surface area (TPSA) is 53.7 Å². The number of rotatable bonds is 8. The first-order chi connectivity index (χ1) is 10.2. The van der Waals surface area contributed by atoms with Gasteiger partial charge in [-0.15, -0.1) is 0 Å². The minimum absolute atomic E-state index is 0.419. The van der Waals surface area contributed by atoms with E-state index in [0.717, 1.165) is 41.0 Å². The maximum atomic E-state index is 5.91. The molecule has 1 atom stereocenters. The molecule has 0 aromatic heterocycles. The molecule has 4 nitrogen and oxygen atoms in total. The number of hydrogen-bond donors (Lipinski definition) is 1. The van der Waals surface area contributed by atoms with Crippen LogP contribution >= 0.6 is 15.9 Å². The molecule has 1 heterocycles. The molecule has 1 aromatic rings. The minimum Gasteiger partial charge on any atom is -0.490 e. The molecule has 0 amide bonds. The van der Waals surface area contributed by atoms with E-state index in [4.69, 9.17) is 19.9 Å². The lowest BCUT2D eigenvalue weighted by Crippen LogP contribution is -2.08. The molecule has 1 unspecified atom stereocenters. The summed E-state index contributed by atoms with van der Waals surface area (Å²) in [7, 11) is 0. The first kappa shape index (κ1) is 16.6. The van der Waals surface area contributed by atoms with E-state index in [1.807, 2.05) is 19.1 Å². The van der Waals surface area contributed by atoms with Crippen molar-refractivity contribution in [1.82, 2.24) is 0 Å². The second-order valence-corrected chi connectivity index (χ2v) is 6.02. The van der Waals surface area contributed by atoms with E-state index in [9.17, 15) is 0 Å². The molecule has 0 radical (unpaired) electrons. The predicted octanol–water partition coefficient (Wildman–Crippen LogP) is 3.64. The fraction of sp³-hybridized carbons (Fsp3) is 0.625. The maximum Gasteiger partial charge on any atom is 0.175 e. The van der Waals surface area contributed by atoms with Crippen LogP contribution in [0.15, 0.2) is 16.6 Å². The zero-order chi connectivity index (χ0) is 15.1. The van der Waals surface area contributed by atoms with Crippen molar-refractivity contribution in [3.8, 4) is 11.5 Å². The van der Waals surface area contributed by atoms with Crippen LogP contribution in [0.2, 0.25) is 0 Å². The molecule has 1 aliphatic heterocycles. The largest absolute Gasteiger partial charge is 0.490 e. The summed E-state index contributed by atoms with van der Waals surface area (Å²) in [6, 6.07) is 3.93. The zero-order valence-electron chi connectivity index (χ0n) is 12.6. The fourth-order valence-electron chi connectivity index (χ4n) is 2.50. The SMILES string of the molecule is CCOc1cc(CN)cc(Br)c1OCCCC1CCCO1. The summed E-state index contributed by atoms with van der Waals surface area (Å²) in [6.07, 6.45) is 4.83. The highest BCUT2D eigenvalue weighted by Gasteiger charge is 2.16. The van der Waals surface area contributed by atoms with Gasteiger partial charge in [-0.05, 0) is 66.2 Å². The molecule has 1 aromatic carbocycles. The minimum atomic E-state index is 0.419. The lowest BCUT2D eigenvalue weighted by atomic mass is 10.1. The summed E-state index contributed by atoms with van der Waals surface area (Å²) in [5.74, 6) is 1.52. The van der Waals surface area contributed by atoms with E-state index in [-0.39, 0.29) is 0 Å². The summed E-state index contributed by atoms with van der Waals surface area (Å²) in [4.78, 5) is 0. The summed E-state index contributed by atoms with van der Waals surface area (Å²) >= 11 is 3.54. The Bertz CT molecular complexity index is 447. The second kappa shape index (κ2) is 8.61. The van der Waals surface area contributed by atoms with E-state index in [0.29, 0.717) is 25.9 Å². The first-order valence-electron chi connectivity index (χ1n) is 7.64. The van der Waals surface area contributed by atoms with Gasteiger partial charge in [-0.3, -0.25) is 0 Å². The van der Waals surface area contributed by atoms with Gasteiger partial charge in [0.1, 0.15) is 0 Å². The zero-order valence-corrected chi connectivity index (χ0v) is 14.2. The Hall–Kier alpha value is -0.780. The van der Waals surface area contributed by atoms with Gasteiger partial charge in [0.15, 0.2) is 11.5 Å². The van der Waals surface area contributed by atoms with E-state index in [2.05, 4.69) is 15.9 Å². The average molecular weight is 358 g/mol. The normalized spacial score (nSPS) is 18.0. The third kappa shape index (κ3) is 4.87.